The zero-order chi connectivity index (χ0) is 23.4. The third-order valence-electron chi connectivity index (χ3n) is 6.94. The Labute approximate surface area is 196 Å². The Morgan fingerprint density at radius 3 is 2.70 bits per heavy atom. The number of benzene rings is 2. The first-order valence-corrected chi connectivity index (χ1v) is 12.0. The first kappa shape index (κ1) is 23.5. The second-order valence-corrected chi connectivity index (χ2v) is 9.27. The van der Waals surface area contributed by atoms with Crippen molar-refractivity contribution in [2.45, 2.75) is 45.6 Å². The van der Waals surface area contributed by atoms with Gasteiger partial charge in [-0.2, -0.15) is 0 Å². The van der Waals surface area contributed by atoms with Crippen molar-refractivity contribution in [3.63, 3.8) is 0 Å². The predicted octanol–water partition coefficient (Wildman–Crippen LogP) is 3.67. The van der Waals surface area contributed by atoms with Crippen LogP contribution >= 0.6 is 0 Å². The molecule has 0 spiro atoms. The van der Waals surface area contributed by atoms with Gasteiger partial charge in [-0.15, -0.1) is 0 Å². The fourth-order valence-corrected chi connectivity index (χ4v) is 5.04. The number of piperidine rings is 2. The Morgan fingerprint density at radius 1 is 1.18 bits per heavy atom. The summed E-state index contributed by atoms with van der Waals surface area (Å²) >= 11 is 0. The molecule has 2 fully saturated rings. The van der Waals surface area contributed by atoms with Crippen LogP contribution in [-0.4, -0.2) is 56.0 Å². The molecule has 2 amide bonds. The van der Waals surface area contributed by atoms with E-state index in [4.69, 9.17) is 4.74 Å². The molecule has 0 radical (unpaired) electrons. The van der Waals surface area contributed by atoms with Crippen LogP contribution in [0.1, 0.15) is 43.7 Å². The molecule has 0 saturated carbocycles. The number of aryl methyl sites for hydroxylation is 1. The summed E-state index contributed by atoms with van der Waals surface area (Å²) in [5.41, 5.74) is 3.19. The van der Waals surface area contributed by atoms with Crippen LogP contribution in [0, 0.1) is 12.8 Å². The van der Waals surface area contributed by atoms with Crippen molar-refractivity contribution in [3.8, 4) is 5.75 Å². The highest BCUT2D eigenvalue weighted by Crippen LogP contribution is 2.37. The third-order valence-corrected chi connectivity index (χ3v) is 6.94. The Bertz CT molecular complexity index is 1050. The van der Waals surface area contributed by atoms with Gasteiger partial charge in [-0.3, -0.25) is 14.9 Å². The number of rotatable bonds is 7. The van der Waals surface area contributed by atoms with Crippen molar-refractivity contribution in [2.75, 3.05) is 33.3 Å². The van der Waals surface area contributed by atoms with Crippen LogP contribution < -0.4 is 15.4 Å². The lowest BCUT2D eigenvalue weighted by Gasteiger charge is -2.29. The van der Waals surface area contributed by atoms with Crippen LogP contribution in [0.15, 0.2) is 36.4 Å². The summed E-state index contributed by atoms with van der Waals surface area (Å²) in [6, 6.07) is 11.0. The molecule has 6 nitrogen and oxygen atoms in total. The van der Waals surface area contributed by atoms with E-state index >= 15 is 0 Å². The average Bonchev–Trinajstić information content (AvgIpc) is 2.81. The number of allylic oxidation sites excluding steroid dienone is 1. The van der Waals surface area contributed by atoms with Crippen molar-refractivity contribution < 1.29 is 14.3 Å². The van der Waals surface area contributed by atoms with Crippen LogP contribution in [0.5, 0.6) is 5.75 Å². The molecule has 33 heavy (non-hydrogen) atoms. The largest absolute Gasteiger partial charge is 0.492 e. The van der Waals surface area contributed by atoms with E-state index in [-0.39, 0.29) is 17.7 Å². The molecule has 2 heterocycles. The molecule has 0 bridgehead atoms. The molecule has 176 valence electrons. The van der Waals surface area contributed by atoms with Gasteiger partial charge < -0.3 is 15.0 Å². The maximum Gasteiger partial charge on any atom is 0.234 e. The molecular weight excluding hydrogens is 414 g/mol. The molecule has 0 aromatic heterocycles. The summed E-state index contributed by atoms with van der Waals surface area (Å²) in [4.78, 5) is 26.6. The Morgan fingerprint density at radius 2 is 1.97 bits per heavy atom. The van der Waals surface area contributed by atoms with Crippen molar-refractivity contribution in [1.82, 2.24) is 15.5 Å². The van der Waals surface area contributed by atoms with Gasteiger partial charge in [0.25, 0.3) is 0 Å². The van der Waals surface area contributed by atoms with E-state index in [0.29, 0.717) is 25.5 Å². The van der Waals surface area contributed by atoms with Crippen LogP contribution in [0.2, 0.25) is 0 Å². The first-order valence-electron chi connectivity index (χ1n) is 12.0. The lowest BCUT2D eigenvalue weighted by Crippen LogP contribution is -2.42. The van der Waals surface area contributed by atoms with E-state index in [1.807, 2.05) is 19.1 Å². The van der Waals surface area contributed by atoms with Gasteiger partial charge in [0.15, 0.2) is 0 Å². The number of hydrogen-bond acceptors (Lipinski definition) is 5. The van der Waals surface area contributed by atoms with Crippen LogP contribution in [0.3, 0.4) is 0 Å². The molecule has 1 atom stereocenters. The van der Waals surface area contributed by atoms with Gasteiger partial charge in [-0.25, -0.2) is 0 Å². The molecule has 2 aromatic carbocycles. The summed E-state index contributed by atoms with van der Waals surface area (Å²) in [6.07, 6.45) is 5.32. The minimum atomic E-state index is -0.307. The maximum atomic E-state index is 12.6. The Balaban J connectivity index is 1.46. The summed E-state index contributed by atoms with van der Waals surface area (Å²) < 4.78 is 6.04. The summed E-state index contributed by atoms with van der Waals surface area (Å²) in [5, 5.41) is 8.30. The molecule has 2 saturated heterocycles. The van der Waals surface area contributed by atoms with Crippen LogP contribution in [0.25, 0.3) is 16.3 Å². The lowest BCUT2D eigenvalue weighted by molar-refractivity contribution is -0.134. The number of nitrogens with one attached hydrogen (secondary N) is 2. The van der Waals surface area contributed by atoms with Gasteiger partial charge >= 0.3 is 0 Å². The number of likely N-dealkylation sites (tertiary alicyclic amines) is 1. The van der Waals surface area contributed by atoms with E-state index in [1.165, 1.54) is 12.8 Å². The fourth-order valence-electron chi connectivity index (χ4n) is 5.04. The molecule has 2 N–H and O–H groups in total. The van der Waals surface area contributed by atoms with Gasteiger partial charge in [-0.1, -0.05) is 24.3 Å². The van der Waals surface area contributed by atoms with E-state index in [0.717, 1.165) is 52.9 Å². The minimum absolute atomic E-state index is 0.187. The van der Waals surface area contributed by atoms with Crippen molar-refractivity contribution in [2.24, 2.45) is 5.92 Å². The van der Waals surface area contributed by atoms with Gasteiger partial charge in [0, 0.05) is 19.0 Å². The normalized spacial score (nSPS) is 20.8. The van der Waals surface area contributed by atoms with Crippen LogP contribution in [0.4, 0.5) is 0 Å². The molecule has 2 aliphatic heterocycles. The smallest absolute Gasteiger partial charge is 0.234 e. The van der Waals surface area contributed by atoms with Crippen molar-refractivity contribution in [1.29, 1.82) is 0 Å². The average molecular weight is 450 g/mol. The van der Waals surface area contributed by atoms with E-state index in [9.17, 15) is 9.59 Å². The third kappa shape index (κ3) is 5.45. The fraction of sp³-hybridized carbons (Fsp3) is 0.481. The second kappa shape index (κ2) is 10.5. The number of nitrogens with zero attached hydrogens (tertiary/aromatic N) is 1. The highest BCUT2D eigenvalue weighted by atomic mass is 16.5. The minimum Gasteiger partial charge on any atom is -0.492 e. The van der Waals surface area contributed by atoms with E-state index in [1.54, 1.807) is 0 Å². The number of carbonyl (C=O) groups excluding carboxylic acids is 2. The monoisotopic (exact) mass is 449 g/mol. The van der Waals surface area contributed by atoms with Crippen molar-refractivity contribution in [3.05, 3.63) is 47.5 Å². The SMILES string of the molecule is C/C=C(\c1c(C)ccc2cc(OCCNC3CCN(C)CC3)ccc12)C1CCC(=O)NC1=O. The standard InChI is InChI=1S/C27H35N3O3/c1-4-22(24-9-10-25(31)29-27(24)32)26-18(2)5-6-19-17-21(7-8-23(19)26)33-16-13-28-20-11-14-30(3)15-12-20/h4-8,17,20,24,28H,9-16H2,1-3H3,(H,29,31,32)/b22-4-. The first-order chi connectivity index (χ1) is 16.0. The number of fused-ring (bicyclic) bond motifs is 1. The number of ether oxygens (including phenoxy) is 1. The highest BCUT2D eigenvalue weighted by Gasteiger charge is 2.31. The van der Waals surface area contributed by atoms with Gasteiger partial charge in [0.05, 0.1) is 5.92 Å². The quantitative estimate of drug-likeness (QED) is 0.499. The van der Waals surface area contributed by atoms with Crippen molar-refractivity contribution >= 4 is 28.2 Å². The number of hydrogen-bond donors (Lipinski definition) is 2. The van der Waals surface area contributed by atoms with Gasteiger partial charge in [0.2, 0.25) is 11.8 Å². The predicted molar refractivity (Wildman–Crippen MR) is 132 cm³/mol. The molecule has 2 aliphatic rings. The van der Waals surface area contributed by atoms with Crippen LogP contribution in [-0.2, 0) is 9.59 Å². The zero-order valence-corrected chi connectivity index (χ0v) is 19.9. The zero-order valence-electron chi connectivity index (χ0n) is 19.9. The summed E-state index contributed by atoms with van der Waals surface area (Å²) in [7, 11) is 2.18. The summed E-state index contributed by atoms with van der Waals surface area (Å²) in [5.74, 6) is 0.158. The topological polar surface area (TPSA) is 70.7 Å². The molecule has 6 heteroatoms. The Kier molecular flexibility index (Phi) is 7.46. The second-order valence-electron chi connectivity index (χ2n) is 9.27. The summed E-state index contributed by atoms with van der Waals surface area (Å²) in [6.45, 7) is 7.81. The lowest BCUT2D eigenvalue weighted by atomic mass is 9.82. The Hall–Kier alpha value is -2.70. The highest BCUT2D eigenvalue weighted by molar-refractivity contribution is 6.07. The molecular formula is C27H35N3O3. The van der Waals surface area contributed by atoms with Gasteiger partial charge in [-0.05, 0) is 92.9 Å². The molecule has 2 aromatic rings. The van der Waals surface area contributed by atoms with E-state index < -0.39 is 0 Å². The molecule has 1 unspecified atom stereocenters. The molecule has 4 rings (SSSR count). The number of amides is 2. The number of carbonyl (C=O) groups is 2. The molecule has 0 aliphatic carbocycles. The number of imide groups is 1. The van der Waals surface area contributed by atoms with Gasteiger partial charge in [0.1, 0.15) is 12.4 Å². The maximum absolute atomic E-state index is 12.6. The van der Waals surface area contributed by atoms with E-state index in [2.05, 4.69) is 53.8 Å².